The Morgan fingerprint density at radius 3 is 2.67 bits per heavy atom. The lowest BCUT2D eigenvalue weighted by Gasteiger charge is -2.46. The van der Waals surface area contributed by atoms with Gasteiger partial charge in [0, 0.05) is 23.6 Å². The third-order valence-electron chi connectivity index (χ3n) is 7.77. The van der Waals surface area contributed by atoms with Gasteiger partial charge in [-0.25, -0.2) is 0 Å². The van der Waals surface area contributed by atoms with E-state index in [9.17, 15) is 5.11 Å². The standard InChI is InChI=1S/C27H33N3O3/c31-26-24(29-16-20-15-28-22-9-5-4-8-21(20)22)23-17-32-27(33-23)25(26)30-12-10-19(11-13-30)14-18-6-2-1-3-7-18/h1-9,15,19,23-29,31H,10-14,16-17H2. The maximum absolute atomic E-state index is 11.4. The molecule has 0 aliphatic carbocycles. The van der Waals surface area contributed by atoms with Gasteiger partial charge in [-0.3, -0.25) is 4.90 Å². The van der Waals surface area contributed by atoms with Crippen molar-refractivity contribution < 1.29 is 14.6 Å². The average Bonchev–Trinajstić information content (AvgIpc) is 3.46. The van der Waals surface area contributed by atoms with Crippen LogP contribution in [0.5, 0.6) is 0 Å². The van der Waals surface area contributed by atoms with Gasteiger partial charge in [0.2, 0.25) is 0 Å². The molecule has 6 nitrogen and oxygen atoms in total. The summed E-state index contributed by atoms with van der Waals surface area (Å²) in [4.78, 5) is 5.74. The number of nitrogens with zero attached hydrogens (tertiary/aromatic N) is 1. The molecule has 0 spiro atoms. The third kappa shape index (κ3) is 4.22. The smallest absolute Gasteiger partial charge is 0.176 e. The summed E-state index contributed by atoms with van der Waals surface area (Å²) in [5.74, 6) is 0.693. The summed E-state index contributed by atoms with van der Waals surface area (Å²) in [6.07, 6.45) is 4.51. The number of piperidine rings is 1. The maximum atomic E-state index is 11.4. The zero-order chi connectivity index (χ0) is 22.2. The molecule has 0 amide bonds. The predicted molar refractivity (Wildman–Crippen MR) is 128 cm³/mol. The SMILES string of the molecule is OC1C(NCc2c[nH]c3ccccc23)C2COC(O2)C1N1CCC(Cc2ccccc2)CC1. The van der Waals surface area contributed by atoms with Gasteiger partial charge in [0.1, 0.15) is 6.10 Å². The second-order valence-corrected chi connectivity index (χ2v) is 9.79. The van der Waals surface area contributed by atoms with Crippen molar-refractivity contribution in [2.75, 3.05) is 19.7 Å². The molecular weight excluding hydrogens is 414 g/mol. The zero-order valence-corrected chi connectivity index (χ0v) is 18.9. The fourth-order valence-electron chi connectivity index (χ4n) is 5.95. The van der Waals surface area contributed by atoms with E-state index in [2.05, 4.69) is 69.9 Å². The number of nitrogens with one attached hydrogen (secondary N) is 2. The van der Waals surface area contributed by atoms with Crippen molar-refractivity contribution in [2.24, 2.45) is 5.92 Å². The third-order valence-corrected chi connectivity index (χ3v) is 7.77. The Kier molecular flexibility index (Phi) is 5.94. The quantitative estimate of drug-likeness (QED) is 0.542. The van der Waals surface area contributed by atoms with Crippen molar-refractivity contribution in [1.82, 2.24) is 15.2 Å². The average molecular weight is 448 g/mol. The highest BCUT2D eigenvalue weighted by molar-refractivity contribution is 5.82. The molecule has 174 valence electrons. The normalized spacial score (nSPS) is 30.8. The lowest BCUT2D eigenvalue weighted by molar-refractivity contribution is -0.186. The Balaban J connectivity index is 1.10. The predicted octanol–water partition coefficient (Wildman–Crippen LogP) is 3.07. The molecule has 5 unspecified atom stereocenters. The van der Waals surface area contributed by atoms with E-state index < -0.39 is 6.10 Å². The minimum atomic E-state index is -0.521. The number of fused-ring (bicyclic) bond motifs is 3. The van der Waals surface area contributed by atoms with E-state index in [-0.39, 0.29) is 24.5 Å². The number of likely N-dealkylation sites (tertiary alicyclic amines) is 1. The summed E-state index contributed by atoms with van der Waals surface area (Å²) >= 11 is 0. The molecule has 3 saturated heterocycles. The van der Waals surface area contributed by atoms with Crippen molar-refractivity contribution in [2.45, 2.75) is 56.4 Å². The van der Waals surface area contributed by atoms with E-state index in [1.165, 1.54) is 16.5 Å². The molecule has 3 aliphatic rings. The molecule has 0 saturated carbocycles. The number of aromatic nitrogens is 1. The van der Waals surface area contributed by atoms with Crippen LogP contribution in [0.4, 0.5) is 0 Å². The number of benzene rings is 2. The lowest BCUT2D eigenvalue weighted by Crippen LogP contribution is -2.65. The van der Waals surface area contributed by atoms with E-state index in [0.717, 1.165) is 37.9 Å². The molecule has 2 aromatic carbocycles. The molecule has 2 bridgehead atoms. The van der Waals surface area contributed by atoms with Crippen molar-refractivity contribution in [3.8, 4) is 0 Å². The van der Waals surface area contributed by atoms with Crippen molar-refractivity contribution in [3.63, 3.8) is 0 Å². The highest BCUT2D eigenvalue weighted by Crippen LogP contribution is 2.34. The molecular formula is C27H33N3O3. The van der Waals surface area contributed by atoms with Gasteiger partial charge in [0.25, 0.3) is 0 Å². The summed E-state index contributed by atoms with van der Waals surface area (Å²) in [5, 5.41) is 16.3. The van der Waals surface area contributed by atoms with Crippen LogP contribution in [0, 0.1) is 5.92 Å². The highest BCUT2D eigenvalue weighted by atomic mass is 16.7. The minimum Gasteiger partial charge on any atom is -0.390 e. The van der Waals surface area contributed by atoms with Gasteiger partial charge in [-0.2, -0.15) is 0 Å². The van der Waals surface area contributed by atoms with Crippen LogP contribution in [0.1, 0.15) is 24.0 Å². The molecule has 3 aliphatic heterocycles. The van der Waals surface area contributed by atoms with E-state index in [4.69, 9.17) is 9.47 Å². The number of rotatable bonds is 6. The molecule has 4 heterocycles. The van der Waals surface area contributed by atoms with Crippen LogP contribution in [0.25, 0.3) is 10.9 Å². The molecule has 6 rings (SSSR count). The Morgan fingerprint density at radius 2 is 1.82 bits per heavy atom. The van der Waals surface area contributed by atoms with Gasteiger partial charge in [0.05, 0.1) is 24.8 Å². The number of H-pyrrole nitrogens is 1. The number of aliphatic hydroxyl groups excluding tert-OH is 1. The van der Waals surface area contributed by atoms with Crippen molar-refractivity contribution in [3.05, 3.63) is 71.9 Å². The first-order valence-corrected chi connectivity index (χ1v) is 12.3. The molecule has 0 radical (unpaired) electrons. The lowest BCUT2D eigenvalue weighted by atomic mass is 9.87. The van der Waals surface area contributed by atoms with Gasteiger partial charge >= 0.3 is 0 Å². The monoisotopic (exact) mass is 447 g/mol. The summed E-state index contributed by atoms with van der Waals surface area (Å²) in [6.45, 7) is 3.17. The van der Waals surface area contributed by atoms with Crippen LogP contribution in [-0.2, 0) is 22.4 Å². The Bertz CT molecular complexity index is 1060. The van der Waals surface area contributed by atoms with E-state index in [0.29, 0.717) is 19.1 Å². The summed E-state index contributed by atoms with van der Waals surface area (Å²) in [7, 11) is 0. The van der Waals surface area contributed by atoms with E-state index >= 15 is 0 Å². The number of aromatic amines is 1. The van der Waals surface area contributed by atoms with Crippen LogP contribution in [0.3, 0.4) is 0 Å². The van der Waals surface area contributed by atoms with Crippen LogP contribution in [0.2, 0.25) is 0 Å². The number of aliphatic hydroxyl groups is 1. The Morgan fingerprint density at radius 1 is 1.03 bits per heavy atom. The van der Waals surface area contributed by atoms with Gasteiger partial charge in [-0.1, -0.05) is 48.5 Å². The minimum absolute atomic E-state index is 0.109. The van der Waals surface area contributed by atoms with Crippen molar-refractivity contribution in [1.29, 1.82) is 0 Å². The second kappa shape index (κ2) is 9.20. The number of para-hydroxylation sites is 1. The molecule has 3 N–H and O–H groups in total. The van der Waals surface area contributed by atoms with Crippen LogP contribution >= 0.6 is 0 Å². The van der Waals surface area contributed by atoms with E-state index in [1.54, 1.807) is 0 Å². The molecule has 5 atom stereocenters. The Hall–Kier alpha value is -2.22. The zero-order valence-electron chi connectivity index (χ0n) is 18.9. The number of hydrogen-bond acceptors (Lipinski definition) is 5. The highest BCUT2D eigenvalue weighted by Gasteiger charge is 2.52. The molecule has 3 aromatic rings. The van der Waals surface area contributed by atoms with Gasteiger partial charge in [-0.15, -0.1) is 0 Å². The second-order valence-electron chi connectivity index (χ2n) is 9.79. The summed E-state index contributed by atoms with van der Waals surface area (Å²) in [5.41, 5.74) is 3.76. The molecule has 6 heteroatoms. The van der Waals surface area contributed by atoms with Crippen molar-refractivity contribution >= 4 is 10.9 Å². The topological polar surface area (TPSA) is 69.8 Å². The summed E-state index contributed by atoms with van der Waals surface area (Å²) < 4.78 is 12.2. The summed E-state index contributed by atoms with van der Waals surface area (Å²) in [6, 6.07) is 18.8. The van der Waals surface area contributed by atoms with Gasteiger partial charge < -0.3 is 24.9 Å². The molecule has 1 aromatic heterocycles. The van der Waals surface area contributed by atoms with Gasteiger partial charge in [-0.05, 0) is 55.5 Å². The van der Waals surface area contributed by atoms with Crippen LogP contribution < -0.4 is 5.32 Å². The molecule has 3 fully saturated rings. The molecule has 33 heavy (non-hydrogen) atoms. The maximum Gasteiger partial charge on any atom is 0.176 e. The number of hydrogen-bond donors (Lipinski definition) is 3. The first-order chi connectivity index (χ1) is 16.3. The largest absolute Gasteiger partial charge is 0.390 e. The van der Waals surface area contributed by atoms with E-state index in [1.807, 2.05) is 6.07 Å². The fourth-order valence-corrected chi connectivity index (χ4v) is 5.95. The number of ether oxygens (including phenoxy) is 2. The fraction of sp³-hybridized carbons (Fsp3) is 0.481. The Labute approximate surface area is 194 Å². The van der Waals surface area contributed by atoms with Gasteiger partial charge in [0.15, 0.2) is 6.29 Å². The van der Waals surface area contributed by atoms with Crippen LogP contribution in [-0.4, -0.2) is 65.3 Å². The first kappa shape index (κ1) is 21.3. The van der Waals surface area contributed by atoms with Crippen LogP contribution in [0.15, 0.2) is 60.8 Å². The first-order valence-electron chi connectivity index (χ1n) is 12.3.